The molecule has 0 unspecified atom stereocenters. The molecule has 0 spiro atoms. The third-order valence-electron chi connectivity index (χ3n) is 10.3. The molecule has 1 aromatic carbocycles. The van der Waals surface area contributed by atoms with Crippen LogP contribution in [0.1, 0.15) is 120 Å². The van der Waals surface area contributed by atoms with Crippen LogP contribution in [-0.2, 0) is 30.3 Å². The van der Waals surface area contributed by atoms with Crippen molar-refractivity contribution < 1.29 is 38.9 Å². The van der Waals surface area contributed by atoms with Crippen molar-refractivity contribution in [2.45, 2.75) is 130 Å². The van der Waals surface area contributed by atoms with Crippen LogP contribution >= 0.6 is 11.3 Å². The average molecular weight is 772 g/mol. The number of rotatable bonds is 21. The van der Waals surface area contributed by atoms with E-state index in [-0.39, 0.29) is 60.5 Å². The van der Waals surface area contributed by atoms with Gasteiger partial charge < -0.3 is 30.5 Å². The number of nitrogens with zero attached hydrogens (tertiary/aromatic N) is 3. The van der Waals surface area contributed by atoms with Gasteiger partial charge in [-0.3, -0.25) is 28.9 Å². The van der Waals surface area contributed by atoms with Crippen LogP contribution in [0.5, 0.6) is 0 Å². The number of ether oxygens (including phenoxy) is 1. The van der Waals surface area contributed by atoms with Gasteiger partial charge in [-0.1, -0.05) is 84.7 Å². The van der Waals surface area contributed by atoms with Crippen molar-refractivity contribution in [3.05, 3.63) is 52.0 Å². The van der Waals surface area contributed by atoms with Gasteiger partial charge in [-0.25, -0.2) is 4.98 Å². The van der Waals surface area contributed by atoms with Crippen molar-refractivity contribution in [1.82, 2.24) is 25.4 Å². The number of esters is 1. The van der Waals surface area contributed by atoms with Crippen molar-refractivity contribution in [1.29, 1.82) is 0 Å². The fourth-order valence-corrected chi connectivity index (χ4v) is 7.57. The molecule has 0 saturated carbocycles. The number of aliphatic carboxylic acids is 1. The van der Waals surface area contributed by atoms with Crippen LogP contribution in [0.2, 0.25) is 0 Å². The van der Waals surface area contributed by atoms with Gasteiger partial charge in [0.25, 0.3) is 5.91 Å². The second-order valence-electron chi connectivity index (χ2n) is 15.0. The number of aliphatic hydroxyl groups is 1. The summed E-state index contributed by atoms with van der Waals surface area (Å²) in [6, 6.07) is 7.15. The Morgan fingerprint density at radius 1 is 1.04 bits per heavy atom. The molecule has 2 heterocycles. The summed E-state index contributed by atoms with van der Waals surface area (Å²) in [6.45, 7) is 11.6. The quantitative estimate of drug-likeness (QED) is 0.0976. The van der Waals surface area contributed by atoms with Gasteiger partial charge in [0.05, 0.1) is 12.0 Å². The van der Waals surface area contributed by atoms with Crippen molar-refractivity contribution in [2.75, 3.05) is 20.3 Å². The third-order valence-corrected chi connectivity index (χ3v) is 11.3. The first kappa shape index (κ1) is 44.5. The Kier molecular flexibility index (Phi) is 18.0. The highest BCUT2D eigenvalue weighted by Crippen LogP contribution is 2.29. The SMILES string of the molecule is CCCC(=O)OCN(C(=O)[C@@H](NC(=O)[C@H]1CCCCN1C)[C@@H](C)CC)[C@H](C[C@@H](O)c1nc(C(=O)N[C@@H](Cc2ccccc2)C[C@H](C)C(=O)O)cs1)C(C)C. The lowest BCUT2D eigenvalue weighted by atomic mass is 9.92. The molecule has 0 aliphatic carbocycles. The maximum Gasteiger partial charge on any atom is 0.307 e. The number of carboxylic acids is 1. The third kappa shape index (κ3) is 13.2. The molecule has 14 heteroatoms. The number of benzene rings is 1. The molecule has 300 valence electrons. The number of likely N-dealkylation sites (tertiary alicyclic amines) is 1. The topological polar surface area (TPSA) is 178 Å². The molecule has 0 radical (unpaired) electrons. The minimum atomic E-state index is -1.18. The van der Waals surface area contributed by atoms with Gasteiger partial charge in [0, 0.05) is 30.3 Å². The molecule has 7 atom stereocenters. The summed E-state index contributed by atoms with van der Waals surface area (Å²) in [5.41, 5.74) is 1.04. The summed E-state index contributed by atoms with van der Waals surface area (Å²) in [5.74, 6) is -3.63. The van der Waals surface area contributed by atoms with Crippen LogP contribution < -0.4 is 10.6 Å². The molecule has 54 heavy (non-hydrogen) atoms. The number of likely N-dealkylation sites (N-methyl/N-ethyl adjacent to an activating group) is 1. The first-order valence-corrected chi connectivity index (χ1v) is 20.2. The van der Waals surface area contributed by atoms with E-state index in [1.807, 2.05) is 76.9 Å². The van der Waals surface area contributed by atoms with Crippen LogP contribution in [-0.4, -0.2) is 99.1 Å². The van der Waals surface area contributed by atoms with Crippen LogP contribution in [0.4, 0.5) is 0 Å². The van der Waals surface area contributed by atoms with Gasteiger partial charge in [-0.05, 0) is 63.1 Å². The van der Waals surface area contributed by atoms with E-state index in [1.54, 1.807) is 12.3 Å². The Morgan fingerprint density at radius 3 is 2.35 bits per heavy atom. The number of aromatic nitrogens is 1. The summed E-state index contributed by atoms with van der Waals surface area (Å²) in [4.78, 5) is 73.7. The minimum absolute atomic E-state index is 0.0304. The minimum Gasteiger partial charge on any atom is -0.481 e. The van der Waals surface area contributed by atoms with E-state index in [1.165, 1.54) is 4.90 Å². The normalized spacial score (nSPS) is 18.1. The van der Waals surface area contributed by atoms with Crippen LogP contribution in [0.25, 0.3) is 0 Å². The zero-order valence-corrected chi connectivity index (χ0v) is 33.8. The monoisotopic (exact) mass is 771 g/mol. The number of carboxylic acid groups (broad SMARTS) is 1. The number of hydrogen-bond donors (Lipinski definition) is 4. The highest BCUT2D eigenvalue weighted by Gasteiger charge is 2.38. The molecule has 4 N–H and O–H groups in total. The summed E-state index contributed by atoms with van der Waals surface area (Å²) in [6.07, 6.45) is 3.51. The second-order valence-corrected chi connectivity index (χ2v) is 15.9. The summed E-state index contributed by atoms with van der Waals surface area (Å²) >= 11 is 1.11. The van der Waals surface area contributed by atoms with E-state index >= 15 is 0 Å². The maximum absolute atomic E-state index is 14.5. The number of aliphatic hydroxyl groups excluding tert-OH is 1. The van der Waals surface area contributed by atoms with Crippen LogP contribution in [0.15, 0.2) is 35.7 Å². The van der Waals surface area contributed by atoms with Crippen LogP contribution in [0, 0.1) is 17.8 Å². The predicted octanol–water partition coefficient (Wildman–Crippen LogP) is 5.19. The molecule has 3 amide bonds. The lowest BCUT2D eigenvalue weighted by Crippen LogP contribution is -2.59. The van der Waals surface area contributed by atoms with E-state index in [0.717, 1.165) is 36.3 Å². The number of piperidine rings is 1. The van der Waals surface area contributed by atoms with Gasteiger partial charge in [0.2, 0.25) is 11.8 Å². The predicted molar refractivity (Wildman–Crippen MR) is 208 cm³/mol. The van der Waals surface area contributed by atoms with Crippen molar-refractivity contribution in [3.8, 4) is 0 Å². The summed E-state index contributed by atoms with van der Waals surface area (Å²) in [5, 5.41) is 28.9. The summed E-state index contributed by atoms with van der Waals surface area (Å²) < 4.78 is 5.60. The Bertz CT molecular complexity index is 1520. The largest absolute Gasteiger partial charge is 0.481 e. The number of amides is 3. The smallest absolute Gasteiger partial charge is 0.307 e. The standard InChI is InChI=1S/C40H61N5O8S/c1-8-15-34(47)53-24-45(39(50)35(26(5)9-2)43-37(49)31-18-13-14-19-44(31)7)32(25(3)4)22-33(46)38-42-30(23-54-38)36(48)41-29(20-27(6)40(51)52)21-28-16-11-10-12-17-28/h10-12,16-17,23,25-27,29,31-33,35,46H,8-9,13-15,18-22,24H2,1-7H3,(H,41,48)(H,43,49)(H,51,52)/t26-,27-,29+,31+,32+,33+,35-/m0/s1. The Hall–Kier alpha value is -3.88. The van der Waals surface area contributed by atoms with Gasteiger partial charge in [-0.2, -0.15) is 0 Å². The molecular weight excluding hydrogens is 711 g/mol. The lowest BCUT2D eigenvalue weighted by Gasteiger charge is -2.39. The highest BCUT2D eigenvalue weighted by molar-refractivity contribution is 7.09. The van der Waals surface area contributed by atoms with E-state index in [4.69, 9.17) is 4.74 Å². The van der Waals surface area contributed by atoms with Crippen molar-refractivity contribution in [2.24, 2.45) is 17.8 Å². The van der Waals surface area contributed by atoms with Gasteiger partial charge in [0.15, 0.2) is 6.73 Å². The van der Waals surface area contributed by atoms with Crippen molar-refractivity contribution >= 4 is 41.0 Å². The molecule has 0 bridgehead atoms. The number of hydrogen-bond acceptors (Lipinski definition) is 10. The van der Waals surface area contributed by atoms with Gasteiger partial charge in [0.1, 0.15) is 22.8 Å². The van der Waals surface area contributed by atoms with E-state index < -0.39 is 53.9 Å². The second kappa shape index (κ2) is 21.9. The fraction of sp³-hybridized carbons (Fsp3) is 0.650. The lowest BCUT2D eigenvalue weighted by molar-refractivity contribution is -0.159. The maximum atomic E-state index is 14.5. The Morgan fingerprint density at radius 2 is 1.74 bits per heavy atom. The number of carbonyl (C=O) groups is 5. The highest BCUT2D eigenvalue weighted by atomic mass is 32.1. The molecule has 1 saturated heterocycles. The first-order chi connectivity index (χ1) is 25.7. The fourth-order valence-electron chi connectivity index (χ4n) is 6.77. The molecule has 2 aromatic rings. The molecule has 3 rings (SSSR count). The van der Waals surface area contributed by atoms with Crippen molar-refractivity contribution in [3.63, 3.8) is 0 Å². The molecule has 1 aliphatic rings. The van der Waals surface area contributed by atoms with Crippen LogP contribution in [0.3, 0.4) is 0 Å². The molecular formula is C40H61N5O8S. The molecule has 13 nitrogen and oxygen atoms in total. The zero-order valence-electron chi connectivity index (χ0n) is 33.0. The molecule has 1 fully saturated rings. The molecule has 1 aliphatic heterocycles. The zero-order chi connectivity index (χ0) is 39.9. The average Bonchev–Trinajstić information content (AvgIpc) is 3.64. The van der Waals surface area contributed by atoms with E-state index in [0.29, 0.717) is 25.7 Å². The Balaban J connectivity index is 1.84. The Labute approximate surface area is 324 Å². The number of thiazole rings is 1. The van der Waals surface area contributed by atoms with Gasteiger partial charge in [-0.15, -0.1) is 11.3 Å². The van der Waals surface area contributed by atoms with E-state index in [9.17, 15) is 34.2 Å². The first-order valence-electron chi connectivity index (χ1n) is 19.3. The number of carbonyl (C=O) groups excluding carboxylic acids is 4. The summed E-state index contributed by atoms with van der Waals surface area (Å²) in [7, 11) is 1.91. The van der Waals surface area contributed by atoms with Gasteiger partial charge >= 0.3 is 11.9 Å². The molecule has 1 aromatic heterocycles. The van der Waals surface area contributed by atoms with E-state index in [2.05, 4.69) is 15.6 Å². The number of nitrogens with one attached hydrogen (secondary N) is 2.